The highest BCUT2D eigenvalue weighted by Crippen LogP contribution is 2.29. The molecule has 0 amide bonds. The first-order valence-electron chi connectivity index (χ1n) is 5.31. The second-order valence-electron chi connectivity index (χ2n) is 3.78. The van der Waals surface area contributed by atoms with Crippen LogP contribution in [0.15, 0.2) is 36.8 Å². The van der Waals surface area contributed by atoms with Gasteiger partial charge in [-0.3, -0.25) is 9.97 Å². The molecule has 4 heteroatoms. The van der Waals surface area contributed by atoms with Crippen molar-refractivity contribution in [2.45, 2.75) is 13.0 Å². The quantitative estimate of drug-likeness (QED) is 0.874. The zero-order valence-electron chi connectivity index (χ0n) is 9.79. The highest BCUT2D eigenvalue weighted by molar-refractivity contribution is 5.41. The van der Waals surface area contributed by atoms with Gasteiger partial charge in [0.15, 0.2) is 0 Å². The molecule has 0 saturated carbocycles. The van der Waals surface area contributed by atoms with E-state index >= 15 is 0 Å². The van der Waals surface area contributed by atoms with Crippen LogP contribution in [0.4, 0.5) is 0 Å². The monoisotopic (exact) mass is 230 g/mol. The summed E-state index contributed by atoms with van der Waals surface area (Å²) in [7, 11) is 1.58. The van der Waals surface area contributed by atoms with Crippen LogP contribution >= 0.6 is 0 Å². The van der Waals surface area contributed by atoms with E-state index in [4.69, 9.17) is 4.74 Å². The van der Waals surface area contributed by atoms with Crippen LogP contribution < -0.4 is 4.74 Å². The smallest absolute Gasteiger partial charge is 0.126 e. The van der Waals surface area contributed by atoms with Gasteiger partial charge < -0.3 is 9.84 Å². The third-order valence-electron chi connectivity index (χ3n) is 2.55. The Morgan fingerprint density at radius 1 is 1.29 bits per heavy atom. The van der Waals surface area contributed by atoms with E-state index in [0.717, 1.165) is 5.56 Å². The summed E-state index contributed by atoms with van der Waals surface area (Å²) in [6.45, 7) is 1.97. The van der Waals surface area contributed by atoms with Crippen LogP contribution in [0.3, 0.4) is 0 Å². The molecule has 0 aliphatic heterocycles. The average Bonchev–Trinajstić information content (AvgIpc) is 2.39. The van der Waals surface area contributed by atoms with Crippen LogP contribution in [0.2, 0.25) is 0 Å². The summed E-state index contributed by atoms with van der Waals surface area (Å²) in [5.74, 6) is 0.656. The van der Waals surface area contributed by atoms with Crippen molar-refractivity contribution < 1.29 is 9.84 Å². The Hall–Kier alpha value is -1.94. The molecule has 0 aliphatic carbocycles. The number of benzene rings is 1. The molecule has 1 aromatic carbocycles. The first kappa shape index (κ1) is 11.5. The Kier molecular flexibility index (Phi) is 3.35. The highest BCUT2D eigenvalue weighted by atomic mass is 16.5. The van der Waals surface area contributed by atoms with E-state index in [9.17, 15) is 5.11 Å². The lowest BCUT2D eigenvalue weighted by molar-refractivity contribution is 0.209. The van der Waals surface area contributed by atoms with Gasteiger partial charge in [0.25, 0.3) is 0 Å². The summed E-state index contributed by atoms with van der Waals surface area (Å²) >= 11 is 0. The molecule has 1 aromatic heterocycles. The molecule has 1 unspecified atom stereocenters. The molecule has 1 N–H and O–H groups in total. The van der Waals surface area contributed by atoms with Gasteiger partial charge in [0.2, 0.25) is 0 Å². The Bertz CT molecular complexity index is 500. The Balaban J connectivity index is 2.40. The summed E-state index contributed by atoms with van der Waals surface area (Å²) in [6.07, 6.45) is 3.85. The van der Waals surface area contributed by atoms with Crippen molar-refractivity contribution in [1.82, 2.24) is 9.97 Å². The summed E-state index contributed by atoms with van der Waals surface area (Å²) in [5, 5.41) is 10.2. The van der Waals surface area contributed by atoms with Crippen molar-refractivity contribution in [1.29, 1.82) is 0 Å². The van der Waals surface area contributed by atoms with E-state index in [0.29, 0.717) is 17.0 Å². The Morgan fingerprint density at radius 3 is 2.76 bits per heavy atom. The number of methoxy groups -OCH3 is 1. The van der Waals surface area contributed by atoms with Crippen LogP contribution in [0.1, 0.15) is 22.9 Å². The summed E-state index contributed by atoms with van der Waals surface area (Å²) in [6, 6.07) is 5.65. The fraction of sp³-hybridized carbons (Fsp3) is 0.231. The van der Waals surface area contributed by atoms with Crippen LogP contribution in [-0.2, 0) is 0 Å². The molecule has 17 heavy (non-hydrogen) atoms. The third-order valence-corrected chi connectivity index (χ3v) is 2.55. The summed E-state index contributed by atoms with van der Waals surface area (Å²) in [4.78, 5) is 8.03. The van der Waals surface area contributed by atoms with Gasteiger partial charge in [-0.25, -0.2) is 0 Å². The second kappa shape index (κ2) is 4.93. The van der Waals surface area contributed by atoms with Crippen molar-refractivity contribution in [3.63, 3.8) is 0 Å². The van der Waals surface area contributed by atoms with E-state index in [-0.39, 0.29) is 0 Å². The molecule has 0 aliphatic rings. The molecule has 88 valence electrons. The molecule has 0 fully saturated rings. The SMILES string of the molecule is COc1cc(C)ccc1C(O)c1cnccn1. The van der Waals surface area contributed by atoms with E-state index in [2.05, 4.69) is 9.97 Å². The number of aliphatic hydroxyl groups excluding tert-OH is 1. The highest BCUT2D eigenvalue weighted by Gasteiger charge is 2.16. The predicted molar refractivity (Wildman–Crippen MR) is 63.8 cm³/mol. The fourth-order valence-corrected chi connectivity index (χ4v) is 1.66. The lowest BCUT2D eigenvalue weighted by Crippen LogP contribution is -2.05. The Morgan fingerprint density at radius 2 is 2.12 bits per heavy atom. The maximum atomic E-state index is 10.2. The first-order chi connectivity index (χ1) is 8.22. The number of rotatable bonds is 3. The number of nitrogens with zero attached hydrogens (tertiary/aromatic N) is 2. The third kappa shape index (κ3) is 2.42. The molecule has 2 rings (SSSR count). The zero-order chi connectivity index (χ0) is 12.3. The molecule has 0 bridgehead atoms. The molecular formula is C13H14N2O2. The number of aryl methyl sites for hydroxylation is 1. The largest absolute Gasteiger partial charge is 0.496 e. The van der Waals surface area contributed by atoms with E-state index in [1.54, 1.807) is 25.7 Å². The van der Waals surface area contributed by atoms with Crippen molar-refractivity contribution in [3.8, 4) is 5.75 Å². The van der Waals surface area contributed by atoms with Gasteiger partial charge in [0.05, 0.1) is 19.0 Å². The number of aliphatic hydroxyl groups is 1. The standard InChI is InChI=1S/C13H14N2O2/c1-9-3-4-10(12(7-9)17-2)13(16)11-8-14-5-6-15-11/h3-8,13,16H,1-2H3. The Labute approximate surface area is 99.9 Å². The first-order valence-corrected chi connectivity index (χ1v) is 5.31. The molecular weight excluding hydrogens is 216 g/mol. The van der Waals surface area contributed by atoms with E-state index < -0.39 is 6.10 Å². The maximum absolute atomic E-state index is 10.2. The van der Waals surface area contributed by atoms with Gasteiger partial charge in [-0.1, -0.05) is 12.1 Å². The number of hydrogen-bond acceptors (Lipinski definition) is 4. The van der Waals surface area contributed by atoms with Crippen molar-refractivity contribution >= 4 is 0 Å². The van der Waals surface area contributed by atoms with Gasteiger partial charge in [-0.05, 0) is 18.6 Å². The molecule has 2 aromatic rings. The maximum Gasteiger partial charge on any atom is 0.126 e. The lowest BCUT2D eigenvalue weighted by atomic mass is 10.0. The number of hydrogen-bond donors (Lipinski definition) is 1. The molecule has 4 nitrogen and oxygen atoms in total. The second-order valence-corrected chi connectivity index (χ2v) is 3.78. The predicted octanol–water partition coefficient (Wildman–Crippen LogP) is 1.88. The van der Waals surface area contributed by atoms with Gasteiger partial charge >= 0.3 is 0 Å². The molecule has 0 saturated heterocycles. The lowest BCUT2D eigenvalue weighted by Gasteiger charge is -2.14. The fourth-order valence-electron chi connectivity index (χ4n) is 1.66. The summed E-state index contributed by atoms with van der Waals surface area (Å²) in [5.41, 5.74) is 2.28. The van der Waals surface area contributed by atoms with Crippen LogP contribution in [0.25, 0.3) is 0 Å². The topological polar surface area (TPSA) is 55.2 Å². The van der Waals surface area contributed by atoms with Crippen molar-refractivity contribution in [3.05, 3.63) is 53.6 Å². The molecule has 0 spiro atoms. The van der Waals surface area contributed by atoms with E-state index in [1.807, 2.05) is 25.1 Å². The number of aromatic nitrogens is 2. The van der Waals surface area contributed by atoms with Gasteiger partial charge in [0.1, 0.15) is 11.9 Å². The minimum absolute atomic E-state index is 0.509. The van der Waals surface area contributed by atoms with E-state index in [1.165, 1.54) is 0 Å². The van der Waals surface area contributed by atoms with Crippen LogP contribution in [-0.4, -0.2) is 22.2 Å². The van der Waals surface area contributed by atoms with Gasteiger partial charge in [0, 0.05) is 18.0 Å². The zero-order valence-corrected chi connectivity index (χ0v) is 9.79. The minimum Gasteiger partial charge on any atom is -0.496 e. The molecule has 1 heterocycles. The summed E-state index contributed by atoms with van der Waals surface area (Å²) < 4.78 is 5.26. The molecule has 1 atom stereocenters. The minimum atomic E-state index is -0.820. The average molecular weight is 230 g/mol. The van der Waals surface area contributed by atoms with Crippen molar-refractivity contribution in [2.24, 2.45) is 0 Å². The van der Waals surface area contributed by atoms with Crippen LogP contribution in [0.5, 0.6) is 5.75 Å². The van der Waals surface area contributed by atoms with Gasteiger partial charge in [-0.2, -0.15) is 0 Å². The molecule has 0 radical (unpaired) electrons. The van der Waals surface area contributed by atoms with Crippen LogP contribution in [0, 0.1) is 6.92 Å². The number of ether oxygens (including phenoxy) is 1. The van der Waals surface area contributed by atoms with Gasteiger partial charge in [-0.15, -0.1) is 0 Å². The normalized spacial score (nSPS) is 12.2. The van der Waals surface area contributed by atoms with Crippen molar-refractivity contribution in [2.75, 3.05) is 7.11 Å².